The number of Topliss-reactive ketones (excluding diaryl/α,β-unsaturated/α-hetero) is 1. The van der Waals surface area contributed by atoms with Crippen LogP contribution in [-0.4, -0.2) is 22.8 Å². The summed E-state index contributed by atoms with van der Waals surface area (Å²) in [4.78, 5) is 37.9. The van der Waals surface area contributed by atoms with Crippen molar-refractivity contribution < 1.29 is 19.2 Å². The number of nitrogens with zero attached hydrogens (tertiary/aromatic N) is 1. The molecule has 0 amide bonds. The zero-order valence-corrected chi connectivity index (χ0v) is 18.2. The number of hydrogen-bond donors (Lipinski definition) is 1. The van der Waals surface area contributed by atoms with Gasteiger partial charge in [-0.15, -0.1) is 0 Å². The second-order valence-corrected chi connectivity index (χ2v) is 9.56. The van der Waals surface area contributed by atoms with Gasteiger partial charge in [-0.25, -0.2) is 4.79 Å². The van der Waals surface area contributed by atoms with Crippen molar-refractivity contribution in [3.63, 3.8) is 0 Å². The molecule has 2 aliphatic carbocycles. The Morgan fingerprint density at radius 3 is 2.55 bits per heavy atom. The second-order valence-electron chi connectivity index (χ2n) is 9.56. The van der Waals surface area contributed by atoms with Crippen molar-refractivity contribution in [2.24, 2.45) is 5.41 Å². The predicted molar refractivity (Wildman–Crippen MR) is 115 cm³/mol. The molecule has 1 heterocycles. The second kappa shape index (κ2) is 7.94. The first-order valence-electron chi connectivity index (χ1n) is 10.9. The van der Waals surface area contributed by atoms with Crippen LogP contribution in [-0.2, 0) is 14.3 Å². The Balaban J connectivity index is 1.85. The molecule has 0 aromatic heterocycles. The number of ether oxygens (including phenoxy) is 1. The molecule has 1 aromatic carbocycles. The maximum Gasteiger partial charge on any atom is 0.337 e. The summed E-state index contributed by atoms with van der Waals surface area (Å²) < 4.78 is 5.79. The molecule has 1 atom stereocenters. The Hall–Kier alpha value is -2.96. The first-order valence-corrected chi connectivity index (χ1v) is 10.9. The fourth-order valence-electron chi connectivity index (χ4n) is 5.14. The Labute approximate surface area is 181 Å². The molecule has 7 heteroatoms. The van der Waals surface area contributed by atoms with Crippen molar-refractivity contribution in [1.82, 2.24) is 5.32 Å². The minimum absolute atomic E-state index is 0.0828. The molecule has 1 aromatic rings. The fraction of sp³-hybridized carbons (Fsp3) is 0.500. The largest absolute Gasteiger partial charge is 0.459 e. The molecule has 1 aliphatic heterocycles. The van der Waals surface area contributed by atoms with Gasteiger partial charge in [-0.05, 0) is 44.4 Å². The molecule has 0 radical (unpaired) electrons. The monoisotopic (exact) mass is 424 g/mol. The lowest BCUT2D eigenvalue weighted by Crippen LogP contribution is -2.39. The number of nitrogens with one attached hydrogen (secondary N) is 1. The molecule has 164 valence electrons. The molecular weight excluding hydrogens is 396 g/mol. The number of para-hydroxylation sites is 1. The number of carbonyl (C=O) groups excluding carboxylic acids is 2. The molecule has 0 unspecified atom stereocenters. The SMILES string of the molecule is CC1=C(C(=O)OC2CCCC2)[C@H](c2ccccc2[N+](=O)[O-])C2=C(CC(C)(C)CC2=O)N1. The van der Waals surface area contributed by atoms with Gasteiger partial charge in [0.25, 0.3) is 5.69 Å². The minimum Gasteiger partial charge on any atom is -0.459 e. The molecule has 4 rings (SSSR count). The van der Waals surface area contributed by atoms with E-state index < -0.39 is 16.8 Å². The van der Waals surface area contributed by atoms with Crippen molar-refractivity contribution in [3.8, 4) is 0 Å². The third kappa shape index (κ3) is 4.01. The van der Waals surface area contributed by atoms with Gasteiger partial charge >= 0.3 is 5.97 Å². The zero-order chi connectivity index (χ0) is 22.3. The average Bonchev–Trinajstić information content (AvgIpc) is 3.18. The summed E-state index contributed by atoms with van der Waals surface area (Å²) in [7, 11) is 0. The molecule has 31 heavy (non-hydrogen) atoms. The number of carbonyl (C=O) groups is 2. The number of rotatable bonds is 4. The van der Waals surface area contributed by atoms with E-state index >= 15 is 0 Å². The Bertz CT molecular complexity index is 1010. The van der Waals surface area contributed by atoms with E-state index in [-0.39, 0.29) is 23.0 Å². The summed E-state index contributed by atoms with van der Waals surface area (Å²) in [6.07, 6.45) is 4.50. The average molecular weight is 424 g/mol. The van der Waals surface area contributed by atoms with Gasteiger partial charge < -0.3 is 10.1 Å². The third-order valence-electron chi connectivity index (χ3n) is 6.48. The Morgan fingerprint density at radius 1 is 1.19 bits per heavy atom. The van der Waals surface area contributed by atoms with Gasteiger partial charge in [0.2, 0.25) is 0 Å². The number of dihydropyridines is 1. The highest BCUT2D eigenvalue weighted by atomic mass is 16.6. The van der Waals surface area contributed by atoms with Crippen LogP contribution in [0, 0.1) is 15.5 Å². The number of nitro benzene ring substituents is 1. The molecule has 3 aliphatic rings. The van der Waals surface area contributed by atoms with Crippen LogP contribution in [0.15, 0.2) is 46.8 Å². The van der Waals surface area contributed by atoms with E-state index in [1.165, 1.54) is 6.07 Å². The summed E-state index contributed by atoms with van der Waals surface area (Å²) in [6, 6.07) is 6.36. The molecule has 7 nitrogen and oxygen atoms in total. The van der Waals surface area contributed by atoms with Gasteiger partial charge in [-0.3, -0.25) is 14.9 Å². The standard InChI is InChI=1S/C24H28N2O5/c1-14-20(23(28)31-15-8-4-5-9-15)21(16-10-6-7-11-18(16)26(29)30)22-17(25-14)12-24(2,3)13-19(22)27/h6-7,10-11,15,21,25H,4-5,8-9,12-13H2,1-3H3/t21-/m0/s1. The van der Waals surface area contributed by atoms with Gasteiger partial charge in [0.15, 0.2) is 5.78 Å². The van der Waals surface area contributed by atoms with Crippen LogP contribution in [0.1, 0.15) is 70.8 Å². The topological polar surface area (TPSA) is 98.5 Å². The molecule has 1 N–H and O–H groups in total. The van der Waals surface area contributed by atoms with Crippen molar-refractivity contribution in [2.45, 2.75) is 71.3 Å². The minimum atomic E-state index is -0.810. The molecule has 0 bridgehead atoms. The Morgan fingerprint density at radius 2 is 1.87 bits per heavy atom. The molecular formula is C24H28N2O5. The van der Waals surface area contributed by atoms with Crippen LogP contribution in [0.2, 0.25) is 0 Å². The fourth-order valence-corrected chi connectivity index (χ4v) is 5.14. The third-order valence-corrected chi connectivity index (χ3v) is 6.48. The lowest BCUT2D eigenvalue weighted by Gasteiger charge is -2.39. The van der Waals surface area contributed by atoms with Gasteiger partial charge in [0.1, 0.15) is 6.10 Å². The number of hydrogen-bond acceptors (Lipinski definition) is 6. The maximum atomic E-state index is 13.3. The lowest BCUT2D eigenvalue weighted by molar-refractivity contribution is -0.385. The van der Waals surface area contributed by atoms with E-state index in [1.807, 2.05) is 13.8 Å². The Kier molecular flexibility index (Phi) is 5.45. The predicted octanol–water partition coefficient (Wildman–Crippen LogP) is 4.68. The summed E-state index contributed by atoms with van der Waals surface area (Å²) in [5.41, 5.74) is 2.13. The number of ketones is 1. The van der Waals surface area contributed by atoms with Crippen LogP contribution in [0.3, 0.4) is 0 Å². The quantitative estimate of drug-likeness (QED) is 0.428. The van der Waals surface area contributed by atoms with Gasteiger partial charge in [0, 0.05) is 35.0 Å². The first-order chi connectivity index (χ1) is 14.7. The van der Waals surface area contributed by atoms with E-state index in [2.05, 4.69) is 5.32 Å². The molecule has 1 saturated carbocycles. The lowest BCUT2D eigenvalue weighted by atomic mass is 9.68. The van der Waals surface area contributed by atoms with E-state index in [4.69, 9.17) is 4.74 Å². The highest BCUT2D eigenvalue weighted by Gasteiger charge is 2.45. The van der Waals surface area contributed by atoms with Gasteiger partial charge in [-0.2, -0.15) is 0 Å². The highest BCUT2D eigenvalue weighted by molar-refractivity contribution is 6.04. The summed E-state index contributed by atoms with van der Waals surface area (Å²) >= 11 is 0. The number of allylic oxidation sites excluding steroid dienone is 3. The maximum absolute atomic E-state index is 13.3. The summed E-state index contributed by atoms with van der Waals surface area (Å²) in [5.74, 6) is -1.39. The van der Waals surface area contributed by atoms with Crippen LogP contribution in [0.5, 0.6) is 0 Å². The normalized spacial score (nSPS) is 23.5. The van der Waals surface area contributed by atoms with Crippen molar-refractivity contribution in [2.75, 3.05) is 0 Å². The number of esters is 1. The first kappa shape index (κ1) is 21.3. The van der Waals surface area contributed by atoms with Crippen molar-refractivity contribution in [1.29, 1.82) is 0 Å². The number of nitro groups is 1. The van der Waals surface area contributed by atoms with Gasteiger partial charge in [0.05, 0.1) is 16.4 Å². The van der Waals surface area contributed by atoms with Crippen molar-refractivity contribution >= 4 is 17.4 Å². The van der Waals surface area contributed by atoms with E-state index in [0.717, 1.165) is 31.4 Å². The van der Waals surface area contributed by atoms with E-state index in [9.17, 15) is 19.7 Å². The van der Waals surface area contributed by atoms with E-state index in [1.54, 1.807) is 25.1 Å². The van der Waals surface area contributed by atoms with Crippen molar-refractivity contribution in [3.05, 3.63) is 62.5 Å². The van der Waals surface area contributed by atoms with Crippen LogP contribution < -0.4 is 5.32 Å². The van der Waals surface area contributed by atoms with Crippen LogP contribution in [0.4, 0.5) is 5.69 Å². The van der Waals surface area contributed by atoms with Crippen LogP contribution in [0.25, 0.3) is 0 Å². The smallest absolute Gasteiger partial charge is 0.337 e. The van der Waals surface area contributed by atoms with Gasteiger partial charge in [-0.1, -0.05) is 32.0 Å². The molecule has 0 spiro atoms. The highest BCUT2D eigenvalue weighted by Crippen LogP contribution is 2.48. The van der Waals surface area contributed by atoms with Crippen LogP contribution >= 0.6 is 0 Å². The number of benzene rings is 1. The molecule has 0 saturated heterocycles. The molecule has 1 fully saturated rings. The van der Waals surface area contributed by atoms with E-state index in [0.29, 0.717) is 35.2 Å². The summed E-state index contributed by atoms with van der Waals surface area (Å²) in [5, 5.41) is 15.1. The summed E-state index contributed by atoms with van der Waals surface area (Å²) in [6.45, 7) is 5.83. The zero-order valence-electron chi connectivity index (χ0n) is 18.2.